The molecule has 1 N–H and O–H groups in total. The quantitative estimate of drug-likeness (QED) is 0.422. The van der Waals surface area contributed by atoms with Crippen LogP contribution in [0.2, 0.25) is 0 Å². The van der Waals surface area contributed by atoms with Crippen LogP contribution in [0.5, 0.6) is 5.75 Å². The van der Waals surface area contributed by atoms with Crippen LogP contribution in [0.3, 0.4) is 0 Å². The Morgan fingerprint density at radius 3 is 2.30 bits per heavy atom. The number of piperidine rings is 2. The number of ether oxygens (including phenoxy) is 1. The topological polar surface area (TPSA) is 49.8 Å². The molecule has 2 aromatic carbocycles. The van der Waals surface area contributed by atoms with Crippen LogP contribution in [0, 0.1) is 11.8 Å². The van der Waals surface area contributed by atoms with Gasteiger partial charge >= 0.3 is 12.1 Å². The van der Waals surface area contributed by atoms with Gasteiger partial charge in [-0.2, -0.15) is 13.2 Å². The molecule has 4 nitrogen and oxygen atoms in total. The molecule has 3 fully saturated rings. The lowest BCUT2D eigenvalue weighted by molar-refractivity contribution is -0.147. The fourth-order valence-corrected chi connectivity index (χ4v) is 7.23. The Morgan fingerprint density at radius 1 is 1.05 bits per heavy atom. The van der Waals surface area contributed by atoms with Crippen molar-refractivity contribution >= 4 is 16.7 Å². The first-order valence-electron chi connectivity index (χ1n) is 14.0. The zero-order chi connectivity index (χ0) is 26.3. The highest BCUT2D eigenvalue weighted by atomic mass is 19.4. The maximum Gasteiger partial charge on any atom is 0.420 e. The summed E-state index contributed by atoms with van der Waals surface area (Å²) in [5.41, 5.74) is 0.158. The molecular formula is C30H38F3NO3. The van der Waals surface area contributed by atoms with Crippen molar-refractivity contribution in [3.8, 4) is 5.75 Å². The van der Waals surface area contributed by atoms with Gasteiger partial charge < -0.3 is 9.84 Å². The van der Waals surface area contributed by atoms with Gasteiger partial charge in [0.2, 0.25) is 0 Å². The number of carboxylic acids is 1. The van der Waals surface area contributed by atoms with Crippen molar-refractivity contribution in [3.05, 3.63) is 41.5 Å². The van der Waals surface area contributed by atoms with Gasteiger partial charge in [0.15, 0.2) is 0 Å². The van der Waals surface area contributed by atoms with E-state index in [1.807, 2.05) is 13.0 Å². The van der Waals surface area contributed by atoms with Crippen LogP contribution in [0.1, 0.15) is 95.2 Å². The zero-order valence-electron chi connectivity index (χ0n) is 21.8. The van der Waals surface area contributed by atoms with Crippen LogP contribution in [-0.2, 0) is 11.0 Å². The molecule has 0 radical (unpaired) electrons. The van der Waals surface area contributed by atoms with Gasteiger partial charge in [-0.05, 0) is 92.7 Å². The summed E-state index contributed by atoms with van der Waals surface area (Å²) < 4.78 is 49.5. The minimum atomic E-state index is -4.53. The summed E-state index contributed by atoms with van der Waals surface area (Å²) in [4.78, 5) is 14.1. The summed E-state index contributed by atoms with van der Waals surface area (Å²) in [6, 6.07) is 8.83. The summed E-state index contributed by atoms with van der Waals surface area (Å²) in [5, 5.41) is 10.3. The number of hydrogen-bond acceptors (Lipinski definition) is 3. The fraction of sp³-hybridized carbons (Fsp3) is 0.633. The fourth-order valence-electron chi connectivity index (χ4n) is 7.23. The Bertz CT molecular complexity index is 1110. The lowest BCUT2D eigenvalue weighted by Crippen LogP contribution is -2.53. The van der Waals surface area contributed by atoms with Crippen molar-refractivity contribution in [2.45, 2.75) is 108 Å². The second kappa shape index (κ2) is 10.5. The minimum Gasteiger partial charge on any atom is -0.490 e. The van der Waals surface area contributed by atoms with Crippen LogP contribution in [-0.4, -0.2) is 34.2 Å². The molecule has 7 heteroatoms. The first-order chi connectivity index (χ1) is 17.7. The summed E-state index contributed by atoms with van der Waals surface area (Å²) in [7, 11) is 0. The van der Waals surface area contributed by atoms with Gasteiger partial charge in [0.1, 0.15) is 11.3 Å². The third-order valence-electron chi connectivity index (χ3n) is 9.27. The number of hydrogen-bond donors (Lipinski definition) is 1. The summed E-state index contributed by atoms with van der Waals surface area (Å²) >= 11 is 0. The van der Waals surface area contributed by atoms with Gasteiger partial charge in [-0.15, -0.1) is 0 Å². The Hall–Kier alpha value is -2.28. The second-order valence-electron chi connectivity index (χ2n) is 11.5. The minimum absolute atomic E-state index is 0.0658. The highest BCUT2D eigenvalue weighted by molar-refractivity contribution is 5.89. The molecule has 2 aliphatic heterocycles. The van der Waals surface area contributed by atoms with Gasteiger partial charge in [0.25, 0.3) is 0 Å². The Morgan fingerprint density at radius 2 is 1.70 bits per heavy atom. The molecule has 1 saturated carbocycles. The first-order valence-corrected chi connectivity index (χ1v) is 14.0. The standard InChI is InChI=1S/C30H38F3NO3/c1-3-19-7-12-25(13-8-19)37-27-14-11-20-9-10-21(17-26(20)28(27)30(31,32)33)18(2)34-23-5-4-6-24(34)16-22(15-23)29(35)36/h9-11,14,17-19,22-25H,3-8,12-13,15-16H2,1-2H3,(H,35,36). The lowest BCUT2D eigenvalue weighted by atomic mass is 9.77. The number of fused-ring (bicyclic) bond motifs is 3. The number of nitrogens with zero attached hydrogens (tertiary/aromatic N) is 1. The highest BCUT2D eigenvalue weighted by Crippen LogP contribution is 2.45. The van der Waals surface area contributed by atoms with E-state index in [1.165, 1.54) is 6.07 Å². The molecule has 2 heterocycles. The Labute approximate surface area is 217 Å². The highest BCUT2D eigenvalue weighted by Gasteiger charge is 2.43. The molecule has 0 spiro atoms. The summed E-state index contributed by atoms with van der Waals surface area (Å²) in [5.74, 6) is -0.494. The molecule has 202 valence electrons. The molecule has 3 atom stereocenters. The number of benzene rings is 2. The van der Waals surface area contributed by atoms with E-state index in [4.69, 9.17) is 4.74 Å². The van der Waals surface area contributed by atoms with Crippen LogP contribution in [0.25, 0.3) is 10.8 Å². The van der Waals surface area contributed by atoms with Crippen LogP contribution in [0.15, 0.2) is 30.3 Å². The van der Waals surface area contributed by atoms with Crippen molar-refractivity contribution in [2.24, 2.45) is 11.8 Å². The maximum atomic E-state index is 14.5. The van der Waals surface area contributed by atoms with E-state index in [-0.39, 0.29) is 41.3 Å². The molecular weight excluding hydrogens is 479 g/mol. The predicted molar refractivity (Wildman–Crippen MR) is 138 cm³/mol. The molecule has 2 bridgehead atoms. The van der Waals surface area contributed by atoms with Crippen molar-refractivity contribution in [3.63, 3.8) is 0 Å². The number of carboxylic acid groups (broad SMARTS) is 1. The molecule has 37 heavy (non-hydrogen) atoms. The van der Waals surface area contributed by atoms with Gasteiger partial charge in [0.05, 0.1) is 12.0 Å². The van der Waals surface area contributed by atoms with Crippen molar-refractivity contribution in [2.75, 3.05) is 0 Å². The van der Waals surface area contributed by atoms with E-state index in [0.29, 0.717) is 24.1 Å². The number of alkyl halides is 3. The van der Waals surface area contributed by atoms with E-state index >= 15 is 0 Å². The van der Waals surface area contributed by atoms with Gasteiger partial charge in [-0.25, -0.2) is 0 Å². The van der Waals surface area contributed by atoms with Gasteiger partial charge in [0, 0.05) is 18.1 Å². The molecule has 5 rings (SSSR count). The van der Waals surface area contributed by atoms with Crippen LogP contribution in [0.4, 0.5) is 13.2 Å². The van der Waals surface area contributed by atoms with E-state index in [0.717, 1.165) is 56.9 Å². The Balaban J connectivity index is 1.46. The molecule has 2 aromatic rings. The van der Waals surface area contributed by atoms with Gasteiger partial charge in [-0.1, -0.05) is 38.0 Å². The second-order valence-corrected chi connectivity index (χ2v) is 11.5. The number of carbonyl (C=O) groups is 1. The SMILES string of the molecule is CCC1CCC(Oc2ccc3ccc(C(C)N4C5CCCC4CC(C(=O)O)C5)cc3c2C(F)(F)F)CC1. The van der Waals surface area contributed by atoms with Crippen molar-refractivity contribution in [1.29, 1.82) is 0 Å². The number of aliphatic carboxylic acids is 1. The summed E-state index contributed by atoms with van der Waals surface area (Å²) in [6.45, 7) is 4.21. The average molecular weight is 518 g/mol. The smallest absolute Gasteiger partial charge is 0.420 e. The van der Waals surface area contributed by atoms with Gasteiger partial charge in [-0.3, -0.25) is 9.69 Å². The maximum absolute atomic E-state index is 14.5. The number of rotatable bonds is 6. The molecule has 0 aromatic heterocycles. The molecule has 2 saturated heterocycles. The molecule has 3 unspecified atom stereocenters. The lowest BCUT2D eigenvalue weighted by Gasteiger charge is -2.51. The van der Waals surface area contributed by atoms with E-state index in [9.17, 15) is 23.1 Å². The average Bonchev–Trinajstić information content (AvgIpc) is 2.86. The van der Waals surface area contributed by atoms with E-state index in [2.05, 4.69) is 11.8 Å². The number of halogens is 3. The normalized spacial score (nSPS) is 29.7. The van der Waals surface area contributed by atoms with Crippen LogP contribution < -0.4 is 4.74 Å². The van der Waals surface area contributed by atoms with Crippen LogP contribution >= 0.6 is 0 Å². The monoisotopic (exact) mass is 517 g/mol. The van der Waals surface area contributed by atoms with Crippen molar-refractivity contribution in [1.82, 2.24) is 4.90 Å². The third-order valence-corrected chi connectivity index (χ3v) is 9.27. The molecule has 3 aliphatic rings. The molecule has 0 amide bonds. The van der Waals surface area contributed by atoms with E-state index in [1.54, 1.807) is 18.2 Å². The van der Waals surface area contributed by atoms with E-state index < -0.39 is 17.7 Å². The summed E-state index contributed by atoms with van der Waals surface area (Å²) in [6.07, 6.45) is 4.12. The Kier molecular flexibility index (Phi) is 7.45. The first kappa shape index (κ1) is 26.3. The molecule has 1 aliphatic carbocycles. The largest absolute Gasteiger partial charge is 0.490 e. The third kappa shape index (κ3) is 5.34. The zero-order valence-corrected chi connectivity index (χ0v) is 21.8. The van der Waals surface area contributed by atoms with Crippen molar-refractivity contribution < 1.29 is 27.8 Å². The predicted octanol–water partition coefficient (Wildman–Crippen LogP) is 7.98.